The summed E-state index contributed by atoms with van der Waals surface area (Å²) in [6.07, 6.45) is 2.43. The molecule has 0 aliphatic carbocycles. The number of ether oxygens (including phenoxy) is 1. The van der Waals surface area contributed by atoms with Crippen molar-refractivity contribution in [3.8, 4) is 0 Å². The molecule has 0 bridgehead atoms. The molecule has 0 atom stereocenters. The number of hydrogen-bond donors (Lipinski definition) is 1. The standard InChI is InChI=1S/C23H29FN2O4S/c24-21-9-4-5-10-22(21)31(28,29)26-15-11-20(12-16-26)23(27)25-14-6-17-30-18-13-19-7-2-1-3-8-19/h1-5,7-10,20H,6,11-18H2,(H,25,27). The zero-order valence-corrected chi connectivity index (χ0v) is 18.3. The highest BCUT2D eigenvalue weighted by Gasteiger charge is 2.33. The third-order valence-electron chi connectivity index (χ3n) is 5.42. The first-order valence-corrected chi connectivity index (χ1v) is 12.1. The molecular weight excluding hydrogens is 419 g/mol. The van der Waals surface area contributed by atoms with E-state index in [-0.39, 0.29) is 29.8 Å². The lowest BCUT2D eigenvalue weighted by atomic mass is 9.97. The lowest BCUT2D eigenvalue weighted by Gasteiger charge is -2.30. The van der Waals surface area contributed by atoms with Gasteiger partial charge < -0.3 is 10.1 Å². The number of carbonyl (C=O) groups excluding carboxylic acids is 1. The third kappa shape index (κ3) is 6.59. The van der Waals surface area contributed by atoms with Crippen LogP contribution in [-0.4, -0.2) is 51.5 Å². The summed E-state index contributed by atoms with van der Waals surface area (Å²) in [5.74, 6) is -1.05. The predicted molar refractivity (Wildman–Crippen MR) is 116 cm³/mol. The van der Waals surface area contributed by atoms with Gasteiger partial charge in [0, 0.05) is 32.2 Å². The van der Waals surface area contributed by atoms with E-state index in [1.165, 1.54) is 28.1 Å². The van der Waals surface area contributed by atoms with Gasteiger partial charge in [0.15, 0.2) is 0 Å². The normalized spacial score (nSPS) is 15.6. The van der Waals surface area contributed by atoms with Crippen molar-refractivity contribution in [2.75, 3.05) is 32.8 Å². The average Bonchev–Trinajstić information content (AvgIpc) is 2.79. The van der Waals surface area contributed by atoms with Gasteiger partial charge in [0.05, 0.1) is 6.61 Å². The van der Waals surface area contributed by atoms with Crippen molar-refractivity contribution in [2.45, 2.75) is 30.6 Å². The van der Waals surface area contributed by atoms with Crippen molar-refractivity contribution in [1.29, 1.82) is 0 Å². The van der Waals surface area contributed by atoms with Crippen LogP contribution in [0.2, 0.25) is 0 Å². The fourth-order valence-corrected chi connectivity index (χ4v) is 5.15. The molecule has 1 amide bonds. The van der Waals surface area contributed by atoms with Crippen molar-refractivity contribution in [3.05, 3.63) is 66.0 Å². The molecule has 0 radical (unpaired) electrons. The maximum Gasteiger partial charge on any atom is 0.245 e. The fourth-order valence-electron chi connectivity index (χ4n) is 3.62. The van der Waals surface area contributed by atoms with E-state index >= 15 is 0 Å². The van der Waals surface area contributed by atoms with Crippen molar-refractivity contribution in [3.63, 3.8) is 0 Å². The van der Waals surface area contributed by atoms with Gasteiger partial charge in [-0.2, -0.15) is 4.31 Å². The first kappa shape index (κ1) is 23.4. The van der Waals surface area contributed by atoms with E-state index in [2.05, 4.69) is 17.4 Å². The van der Waals surface area contributed by atoms with Crippen molar-refractivity contribution in [2.24, 2.45) is 5.92 Å². The smallest absolute Gasteiger partial charge is 0.245 e. The molecule has 0 unspecified atom stereocenters. The zero-order chi connectivity index (χ0) is 22.1. The number of carbonyl (C=O) groups is 1. The number of nitrogens with one attached hydrogen (secondary N) is 1. The van der Waals surface area contributed by atoms with E-state index in [1.54, 1.807) is 0 Å². The molecule has 2 aromatic rings. The molecule has 1 N–H and O–H groups in total. The molecule has 1 saturated heterocycles. The van der Waals surface area contributed by atoms with Gasteiger partial charge in [-0.05, 0) is 43.4 Å². The monoisotopic (exact) mass is 448 g/mol. The van der Waals surface area contributed by atoms with E-state index in [4.69, 9.17) is 4.74 Å². The minimum atomic E-state index is -3.88. The molecule has 3 rings (SSSR count). The summed E-state index contributed by atoms with van der Waals surface area (Å²) in [6.45, 7) is 2.16. The molecule has 168 valence electrons. The SMILES string of the molecule is O=C(NCCCOCCc1ccccc1)C1CCN(S(=O)(=O)c2ccccc2F)CC1. The fraction of sp³-hybridized carbons (Fsp3) is 0.435. The summed E-state index contributed by atoms with van der Waals surface area (Å²) < 4.78 is 46.1. The van der Waals surface area contributed by atoms with Gasteiger partial charge in [-0.3, -0.25) is 4.79 Å². The van der Waals surface area contributed by atoms with E-state index < -0.39 is 15.8 Å². The van der Waals surface area contributed by atoms with E-state index in [1.807, 2.05) is 18.2 Å². The van der Waals surface area contributed by atoms with E-state index in [0.717, 1.165) is 18.9 Å². The Balaban J connectivity index is 1.32. The molecule has 1 heterocycles. The number of sulfonamides is 1. The molecule has 1 fully saturated rings. The Morgan fingerprint density at radius 2 is 1.71 bits per heavy atom. The summed E-state index contributed by atoms with van der Waals surface area (Å²) in [7, 11) is -3.88. The summed E-state index contributed by atoms with van der Waals surface area (Å²) in [5.41, 5.74) is 1.24. The Bertz CT molecular complexity index is 945. The minimum absolute atomic E-state index is 0.0628. The van der Waals surface area contributed by atoms with Gasteiger partial charge in [0.2, 0.25) is 15.9 Å². The lowest BCUT2D eigenvalue weighted by Crippen LogP contribution is -2.43. The van der Waals surface area contributed by atoms with Crippen LogP contribution in [0, 0.1) is 11.7 Å². The highest BCUT2D eigenvalue weighted by Crippen LogP contribution is 2.25. The quantitative estimate of drug-likeness (QED) is 0.567. The van der Waals surface area contributed by atoms with E-state index in [0.29, 0.717) is 32.6 Å². The maximum atomic E-state index is 13.9. The Kier molecular flexibility index (Phi) is 8.57. The lowest BCUT2D eigenvalue weighted by molar-refractivity contribution is -0.126. The largest absolute Gasteiger partial charge is 0.381 e. The molecule has 2 aromatic carbocycles. The second kappa shape index (κ2) is 11.4. The number of nitrogens with zero attached hydrogens (tertiary/aromatic N) is 1. The van der Waals surface area contributed by atoms with Crippen LogP contribution in [0.1, 0.15) is 24.8 Å². The Morgan fingerprint density at radius 3 is 2.42 bits per heavy atom. The highest BCUT2D eigenvalue weighted by atomic mass is 32.2. The predicted octanol–water partition coefficient (Wildman–Crippen LogP) is 2.99. The molecular formula is C23H29FN2O4S. The number of halogens is 1. The summed E-state index contributed by atoms with van der Waals surface area (Å²) in [6, 6.07) is 15.5. The molecule has 1 aliphatic rings. The van der Waals surface area contributed by atoms with Crippen LogP contribution in [0.4, 0.5) is 4.39 Å². The topological polar surface area (TPSA) is 75.7 Å². The van der Waals surface area contributed by atoms with Gasteiger partial charge >= 0.3 is 0 Å². The second-order valence-corrected chi connectivity index (χ2v) is 9.51. The van der Waals surface area contributed by atoms with Crippen molar-refractivity contribution in [1.82, 2.24) is 9.62 Å². The summed E-state index contributed by atoms with van der Waals surface area (Å²) in [5, 5.41) is 2.91. The number of rotatable bonds is 10. The number of piperidine rings is 1. The number of hydrogen-bond acceptors (Lipinski definition) is 4. The molecule has 8 heteroatoms. The van der Waals surface area contributed by atoms with Gasteiger partial charge in [0.1, 0.15) is 10.7 Å². The number of amides is 1. The van der Waals surface area contributed by atoms with Crippen LogP contribution >= 0.6 is 0 Å². The van der Waals surface area contributed by atoms with Crippen molar-refractivity contribution >= 4 is 15.9 Å². The molecule has 0 saturated carbocycles. The van der Waals surface area contributed by atoms with Crippen LogP contribution in [0.15, 0.2) is 59.5 Å². The van der Waals surface area contributed by atoms with Crippen LogP contribution in [0.5, 0.6) is 0 Å². The first-order valence-electron chi connectivity index (χ1n) is 10.6. The molecule has 0 aromatic heterocycles. The molecule has 31 heavy (non-hydrogen) atoms. The van der Waals surface area contributed by atoms with Crippen LogP contribution < -0.4 is 5.32 Å². The first-order chi connectivity index (χ1) is 15.0. The Morgan fingerprint density at radius 1 is 1.03 bits per heavy atom. The molecule has 0 spiro atoms. The Labute approximate surface area is 183 Å². The Hall–Kier alpha value is -2.29. The van der Waals surface area contributed by atoms with Crippen LogP contribution in [-0.2, 0) is 26.0 Å². The zero-order valence-electron chi connectivity index (χ0n) is 17.5. The van der Waals surface area contributed by atoms with Crippen LogP contribution in [0.3, 0.4) is 0 Å². The molecule has 1 aliphatic heterocycles. The number of benzene rings is 2. The second-order valence-electron chi connectivity index (χ2n) is 7.60. The van der Waals surface area contributed by atoms with Gasteiger partial charge in [-0.25, -0.2) is 12.8 Å². The maximum absolute atomic E-state index is 13.9. The third-order valence-corrected chi connectivity index (χ3v) is 7.35. The van der Waals surface area contributed by atoms with Crippen molar-refractivity contribution < 1.29 is 22.3 Å². The van der Waals surface area contributed by atoms with Gasteiger partial charge in [-0.15, -0.1) is 0 Å². The summed E-state index contributed by atoms with van der Waals surface area (Å²) >= 11 is 0. The minimum Gasteiger partial charge on any atom is -0.381 e. The van der Waals surface area contributed by atoms with Crippen LogP contribution in [0.25, 0.3) is 0 Å². The van der Waals surface area contributed by atoms with Gasteiger partial charge in [0.25, 0.3) is 0 Å². The van der Waals surface area contributed by atoms with Gasteiger partial charge in [-0.1, -0.05) is 42.5 Å². The average molecular weight is 449 g/mol. The highest BCUT2D eigenvalue weighted by molar-refractivity contribution is 7.89. The molecule has 6 nitrogen and oxygen atoms in total. The van der Waals surface area contributed by atoms with E-state index in [9.17, 15) is 17.6 Å². The summed E-state index contributed by atoms with van der Waals surface area (Å²) in [4.78, 5) is 12.1.